The Morgan fingerprint density at radius 3 is 2.35 bits per heavy atom. The molecule has 23 heavy (non-hydrogen) atoms. The van der Waals surface area contributed by atoms with E-state index in [0.29, 0.717) is 5.69 Å². The number of rotatable bonds is 4. The van der Waals surface area contributed by atoms with E-state index in [1.54, 1.807) is 0 Å². The predicted molar refractivity (Wildman–Crippen MR) is 93.6 cm³/mol. The summed E-state index contributed by atoms with van der Waals surface area (Å²) in [7, 11) is 0. The van der Waals surface area contributed by atoms with Crippen molar-refractivity contribution >= 4 is 23.2 Å². The molecule has 1 saturated heterocycles. The molecule has 1 unspecified atom stereocenters. The molecule has 126 valence electrons. The molecule has 1 heterocycles. The summed E-state index contributed by atoms with van der Waals surface area (Å²) in [6.07, 6.45) is 3.23. The highest BCUT2D eigenvalue weighted by Crippen LogP contribution is 2.24. The number of anilines is 2. The highest BCUT2D eigenvalue weighted by atomic mass is 16.2. The van der Waals surface area contributed by atoms with Crippen LogP contribution in [0, 0.1) is 5.92 Å². The van der Waals surface area contributed by atoms with Crippen molar-refractivity contribution < 1.29 is 9.59 Å². The molecule has 0 aromatic heterocycles. The maximum Gasteiger partial charge on any atom is 0.313 e. The first-order chi connectivity index (χ1) is 11.0. The van der Waals surface area contributed by atoms with Crippen molar-refractivity contribution in [2.45, 2.75) is 46.1 Å². The third-order valence-corrected chi connectivity index (χ3v) is 4.47. The standard InChI is InChI=1S/C18H27N3O2/c1-4-14(3)19-17(22)18(23)20-15-5-7-16(8-6-15)21-11-9-13(2)10-12-21/h5-8,13-14H,4,9-12H2,1-3H3,(H,19,22)(H,20,23). The summed E-state index contributed by atoms with van der Waals surface area (Å²) in [6.45, 7) is 8.27. The van der Waals surface area contributed by atoms with E-state index in [4.69, 9.17) is 0 Å². The lowest BCUT2D eigenvalue weighted by atomic mass is 9.99. The Morgan fingerprint density at radius 1 is 1.17 bits per heavy atom. The molecule has 2 rings (SSSR count). The Bertz CT molecular complexity index is 534. The third kappa shape index (κ3) is 4.98. The molecular formula is C18H27N3O2. The monoisotopic (exact) mass is 317 g/mol. The van der Waals surface area contributed by atoms with Gasteiger partial charge in [0, 0.05) is 30.5 Å². The number of hydrogen-bond donors (Lipinski definition) is 2. The lowest BCUT2D eigenvalue weighted by molar-refractivity contribution is -0.136. The number of nitrogens with zero attached hydrogens (tertiary/aromatic N) is 1. The SMILES string of the molecule is CCC(C)NC(=O)C(=O)Nc1ccc(N2CCC(C)CC2)cc1. The largest absolute Gasteiger partial charge is 0.372 e. The number of carbonyl (C=O) groups is 2. The van der Waals surface area contributed by atoms with E-state index in [1.807, 2.05) is 38.1 Å². The van der Waals surface area contributed by atoms with Crippen molar-refractivity contribution in [3.8, 4) is 0 Å². The van der Waals surface area contributed by atoms with Gasteiger partial charge < -0.3 is 15.5 Å². The first-order valence-corrected chi connectivity index (χ1v) is 8.46. The molecule has 0 aliphatic carbocycles. The van der Waals surface area contributed by atoms with Crippen molar-refractivity contribution in [2.24, 2.45) is 5.92 Å². The van der Waals surface area contributed by atoms with Crippen LogP contribution >= 0.6 is 0 Å². The summed E-state index contributed by atoms with van der Waals surface area (Å²) in [4.78, 5) is 25.9. The second kappa shape index (κ2) is 7.99. The highest BCUT2D eigenvalue weighted by Gasteiger charge is 2.17. The summed E-state index contributed by atoms with van der Waals surface area (Å²) >= 11 is 0. The van der Waals surface area contributed by atoms with Crippen LogP contribution in [-0.4, -0.2) is 30.9 Å². The Kier molecular flexibility index (Phi) is 6.02. The molecule has 0 spiro atoms. The van der Waals surface area contributed by atoms with Gasteiger partial charge in [-0.1, -0.05) is 13.8 Å². The normalized spacial score (nSPS) is 16.7. The maximum absolute atomic E-state index is 11.9. The van der Waals surface area contributed by atoms with E-state index in [-0.39, 0.29) is 6.04 Å². The molecule has 1 aliphatic heterocycles. The molecule has 5 nitrogen and oxygen atoms in total. The van der Waals surface area contributed by atoms with Crippen molar-refractivity contribution in [3.63, 3.8) is 0 Å². The van der Waals surface area contributed by atoms with Gasteiger partial charge in [-0.2, -0.15) is 0 Å². The minimum absolute atomic E-state index is 0.00267. The van der Waals surface area contributed by atoms with Gasteiger partial charge in [0.25, 0.3) is 0 Å². The summed E-state index contributed by atoms with van der Waals surface area (Å²) in [5.74, 6) is -0.410. The van der Waals surface area contributed by atoms with Crippen molar-refractivity contribution in [2.75, 3.05) is 23.3 Å². The van der Waals surface area contributed by atoms with Gasteiger partial charge >= 0.3 is 11.8 Å². The van der Waals surface area contributed by atoms with Gasteiger partial charge in [0.1, 0.15) is 0 Å². The maximum atomic E-state index is 11.9. The van der Waals surface area contributed by atoms with Crippen LogP contribution in [0.2, 0.25) is 0 Å². The van der Waals surface area contributed by atoms with E-state index >= 15 is 0 Å². The van der Waals surface area contributed by atoms with E-state index in [1.165, 1.54) is 18.5 Å². The second-order valence-electron chi connectivity index (χ2n) is 6.45. The van der Waals surface area contributed by atoms with Gasteiger partial charge in [-0.05, 0) is 56.4 Å². The molecular weight excluding hydrogens is 290 g/mol. The smallest absolute Gasteiger partial charge is 0.313 e. The Hall–Kier alpha value is -2.04. The summed E-state index contributed by atoms with van der Waals surface area (Å²) in [5.41, 5.74) is 1.81. The summed E-state index contributed by atoms with van der Waals surface area (Å²) in [5, 5.41) is 5.30. The Balaban J connectivity index is 1.89. The van der Waals surface area contributed by atoms with Gasteiger partial charge in [-0.15, -0.1) is 0 Å². The van der Waals surface area contributed by atoms with Crippen LogP contribution in [0.15, 0.2) is 24.3 Å². The van der Waals surface area contributed by atoms with Gasteiger partial charge in [0.05, 0.1) is 0 Å². The van der Waals surface area contributed by atoms with E-state index in [9.17, 15) is 9.59 Å². The fraction of sp³-hybridized carbons (Fsp3) is 0.556. The summed E-state index contributed by atoms with van der Waals surface area (Å²) in [6, 6.07) is 7.69. The fourth-order valence-corrected chi connectivity index (χ4v) is 2.60. The van der Waals surface area contributed by atoms with E-state index < -0.39 is 11.8 Å². The molecule has 2 N–H and O–H groups in total. The van der Waals surface area contributed by atoms with Crippen LogP contribution in [-0.2, 0) is 9.59 Å². The minimum Gasteiger partial charge on any atom is -0.372 e. The van der Waals surface area contributed by atoms with Crippen molar-refractivity contribution in [1.82, 2.24) is 5.32 Å². The van der Waals surface area contributed by atoms with E-state index in [2.05, 4.69) is 22.5 Å². The molecule has 1 aromatic carbocycles. The number of amides is 2. The number of piperidine rings is 1. The lowest BCUT2D eigenvalue weighted by Crippen LogP contribution is -2.40. The van der Waals surface area contributed by atoms with Gasteiger partial charge in [-0.3, -0.25) is 9.59 Å². The second-order valence-corrected chi connectivity index (χ2v) is 6.45. The van der Waals surface area contributed by atoms with Crippen LogP contribution in [0.3, 0.4) is 0 Å². The zero-order chi connectivity index (χ0) is 16.8. The molecule has 1 aliphatic rings. The molecule has 5 heteroatoms. The average molecular weight is 317 g/mol. The number of hydrogen-bond acceptors (Lipinski definition) is 3. The van der Waals surface area contributed by atoms with Crippen LogP contribution in [0.4, 0.5) is 11.4 Å². The predicted octanol–water partition coefficient (Wildman–Crippen LogP) is 2.78. The minimum atomic E-state index is -0.621. The van der Waals surface area contributed by atoms with Gasteiger partial charge in [0.15, 0.2) is 0 Å². The topological polar surface area (TPSA) is 61.4 Å². The third-order valence-electron chi connectivity index (χ3n) is 4.47. The quantitative estimate of drug-likeness (QED) is 0.840. The highest BCUT2D eigenvalue weighted by molar-refractivity contribution is 6.39. The molecule has 2 amide bonds. The first kappa shape index (κ1) is 17.3. The molecule has 0 radical (unpaired) electrons. The summed E-state index contributed by atoms with van der Waals surface area (Å²) < 4.78 is 0. The molecule has 1 fully saturated rings. The molecule has 0 saturated carbocycles. The molecule has 0 bridgehead atoms. The molecule has 1 atom stereocenters. The average Bonchev–Trinajstić information content (AvgIpc) is 2.56. The van der Waals surface area contributed by atoms with Gasteiger partial charge in [0.2, 0.25) is 0 Å². The van der Waals surface area contributed by atoms with Gasteiger partial charge in [-0.25, -0.2) is 0 Å². The van der Waals surface area contributed by atoms with Crippen LogP contribution in [0.25, 0.3) is 0 Å². The van der Waals surface area contributed by atoms with Crippen LogP contribution < -0.4 is 15.5 Å². The zero-order valence-corrected chi connectivity index (χ0v) is 14.3. The van der Waals surface area contributed by atoms with Crippen LogP contribution in [0.5, 0.6) is 0 Å². The zero-order valence-electron chi connectivity index (χ0n) is 14.3. The lowest BCUT2D eigenvalue weighted by Gasteiger charge is -2.32. The number of nitrogens with one attached hydrogen (secondary N) is 2. The number of carbonyl (C=O) groups excluding carboxylic acids is 2. The fourth-order valence-electron chi connectivity index (χ4n) is 2.60. The Labute approximate surface area is 138 Å². The molecule has 1 aromatic rings. The first-order valence-electron chi connectivity index (χ1n) is 8.46. The van der Waals surface area contributed by atoms with E-state index in [0.717, 1.165) is 25.4 Å². The Morgan fingerprint density at radius 2 is 1.78 bits per heavy atom. The number of benzene rings is 1. The van der Waals surface area contributed by atoms with Crippen molar-refractivity contribution in [1.29, 1.82) is 0 Å². The van der Waals surface area contributed by atoms with Crippen molar-refractivity contribution in [3.05, 3.63) is 24.3 Å². The van der Waals surface area contributed by atoms with Crippen LogP contribution in [0.1, 0.15) is 40.0 Å².